The van der Waals surface area contributed by atoms with Crippen LogP contribution in [0.3, 0.4) is 0 Å². The first-order valence-corrected chi connectivity index (χ1v) is 11.7. The van der Waals surface area contributed by atoms with Gasteiger partial charge in [-0.3, -0.25) is 9.80 Å². The maximum Gasteiger partial charge on any atom is 0.410 e. The molecule has 0 bridgehead atoms. The van der Waals surface area contributed by atoms with Gasteiger partial charge in [-0.1, -0.05) is 0 Å². The van der Waals surface area contributed by atoms with Crippen molar-refractivity contribution >= 4 is 12.2 Å². The van der Waals surface area contributed by atoms with Gasteiger partial charge in [-0.05, 0) is 67.2 Å². The zero-order valence-corrected chi connectivity index (χ0v) is 21.5. The number of amides is 2. The topological polar surface area (TPSA) is 111 Å². The van der Waals surface area contributed by atoms with Gasteiger partial charge in [-0.2, -0.15) is 26.3 Å². The van der Waals surface area contributed by atoms with E-state index in [1.807, 2.05) is 0 Å². The number of hydrogen-bond donors (Lipinski definition) is 2. The van der Waals surface area contributed by atoms with Gasteiger partial charge in [0.2, 0.25) is 0 Å². The summed E-state index contributed by atoms with van der Waals surface area (Å²) in [6.07, 6.45) is -9.57. The van der Waals surface area contributed by atoms with E-state index in [1.54, 1.807) is 41.5 Å². The van der Waals surface area contributed by atoms with Crippen LogP contribution in [0, 0.1) is 0 Å². The highest BCUT2D eigenvalue weighted by atomic mass is 19.4. The van der Waals surface area contributed by atoms with Gasteiger partial charge in [0, 0.05) is 25.2 Å². The molecule has 4 atom stereocenters. The molecule has 0 unspecified atom stereocenters. The highest BCUT2D eigenvalue weighted by molar-refractivity contribution is 5.69. The van der Waals surface area contributed by atoms with Crippen molar-refractivity contribution in [3.8, 4) is 0 Å². The second kappa shape index (κ2) is 11.6. The Balaban J connectivity index is 0.000000360. The van der Waals surface area contributed by atoms with Crippen LogP contribution in [0.2, 0.25) is 0 Å². The van der Waals surface area contributed by atoms with Crippen LogP contribution in [0.4, 0.5) is 35.9 Å². The molecule has 0 radical (unpaired) electrons. The molecule has 0 spiro atoms. The largest absolute Gasteiger partial charge is 0.444 e. The molecule has 36 heavy (non-hydrogen) atoms. The number of alkyl halides is 6. The SMILES string of the molecule is CC(C)(C)OC(=O)N1CCC[C@@H](N)[C@H]1C(F)(F)F.CC(C)(C)OC(=O)N1CCC[C@H](N)[C@@H]1C(F)(F)F. The summed E-state index contributed by atoms with van der Waals surface area (Å²) >= 11 is 0. The number of hydrogen-bond acceptors (Lipinski definition) is 6. The average Bonchev–Trinajstić information content (AvgIpc) is 2.63. The fourth-order valence-electron chi connectivity index (χ4n) is 3.94. The quantitative estimate of drug-likeness (QED) is 0.440. The normalized spacial score (nSPS) is 26.1. The van der Waals surface area contributed by atoms with Crippen LogP contribution in [-0.2, 0) is 9.47 Å². The lowest BCUT2D eigenvalue weighted by Crippen LogP contribution is -2.61. The summed E-state index contributed by atoms with van der Waals surface area (Å²) in [4.78, 5) is 24.9. The fourth-order valence-corrected chi connectivity index (χ4v) is 3.94. The monoisotopic (exact) mass is 536 g/mol. The molecule has 14 heteroatoms. The van der Waals surface area contributed by atoms with Crippen molar-refractivity contribution in [2.75, 3.05) is 13.1 Å². The zero-order valence-electron chi connectivity index (χ0n) is 21.5. The van der Waals surface area contributed by atoms with Crippen LogP contribution >= 0.6 is 0 Å². The molecule has 2 fully saturated rings. The molecule has 0 aromatic carbocycles. The lowest BCUT2D eigenvalue weighted by molar-refractivity contribution is -0.191. The van der Waals surface area contributed by atoms with Gasteiger partial charge in [-0.25, -0.2) is 9.59 Å². The maximum atomic E-state index is 12.9. The minimum atomic E-state index is -4.53. The number of nitrogens with two attached hydrogens (primary N) is 2. The Labute approximate surface area is 207 Å². The van der Waals surface area contributed by atoms with Crippen LogP contribution in [0.5, 0.6) is 0 Å². The van der Waals surface area contributed by atoms with Gasteiger partial charge in [-0.15, -0.1) is 0 Å². The smallest absolute Gasteiger partial charge is 0.410 e. The Kier molecular flexibility index (Phi) is 10.3. The number of ether oxygens (including phenoxy) is 2. The third kappa shape index (κ3) is 9.83. The minimum absolute atomic E-state index is 0.0206. The van der Waals surface area contributed by atoms with Crippen molar-refractivity contribution in [3.63, 3.8) is 0 Å². The summed E-state index contributed by atoms with van der Waals surface area (Å²) in [6, 6.07) is -6.10. The highest BCUT2D eigenvalue weighted by Crippen LogP contribution is 2.33. The van der Waals surface area contributed by atoms with E-state index in [-0.39, 0.29) is 25.9 Å². The van der Waals surface area contributed by atoms with Crippen LogP contribution in [0.1, 0.15) is 67.2 Å². The molecule has 0 saturated carbocycles. The van der Waals surface area contributed by atoms with Crippen molar-refractivity contribution in [1.82, 2.24) is 9.80 Å². The fraction of sp³-hybridized carbons (Fsp3) is 0.909. The van der Waals surface area contributed by atoms with E-state index >= 15 is 0 Å². The van der Waals surface area contributed by atoms with Crippen molar-refractivity contribution < 1.29 is 45.4 Å². The Bertz CT molecular complexity index is 687. The molecule has 0 aromatic rings. The predicted octanol–water partition coefficient (Wildman–Crippen LogP) is 4.55. The van der Waals surface area contributed by atoms with Gasteiger partial charge in [0.05, 0.1) is 0 Å². The van der Waals surface area contributed by atoms with Crippen LogP contribution in [0.15, 0.2) is 0 Å². The van der Waals surface area contributed by atoms with E-state index in [0.29, 0.717) is 22.6 Å². The van der Waals surface area contributed by atoms with Gasteiger partial charge in [0.25, 0.3) is 0 Å². The van der Waals surface area contributed by atoms with E-state index in [9.17, 15) is 35.9 Å². The standard InChI is InChI=1S/2C11H19F3N2O2/c2*1-10(2,3)18-9(17)16-6-4-5-7(15)8(16)11(12,13)14/h2*7-8H,4-6,15H2,1-3H3/t2*7-,8+/m10/s1. The molecule has 2 aliphatic heterocycles. The van der Waals surface area contributed by atoms with Crippen molar-refractivity contribution in [2.24, 2.45) is 11.5 Å². The molecule has 8 nitrogen and oxygen atoms in total. The Morgan fingerprint density at radius 3 is 1.17 bits per heavy atom. The first-order chi connectivity index (χ1) is 16.0. The Morgan fingerprint density at radius 2 is 0.944 bits per heavy atom. The molecule has 212 valence electrons. The predicted molar refractivity (Wildman–Crippen MR) is 120 cm³/mol. The average molecular weight is 537 g/mol. The second-order valence-corrected chi connectivity index (χ2v) is 10.9. The summed E-state index contributed by atoms with van der Waals surface area (Å²) in [5.74, 6) is 0. The summed E-state index contributed by atoms with van der Waals surface area (Å²) in [5.41, 5.74) is 9.33. The molecule has 0 aromatic heterocycles. The van der Waals surface area contributed by atoms with Crippen LogP contribution < -0.4 is 11.5 Å². The number of nitrogens with zero attached hydrogens (tertiary/aromatic N) is 2. The van der Waals surface area contributed by atoms with Crippen LogP contribution in [-0.4, -0.2) is 82.8 Å². The van der Waals surface area contributed by atoms with E-state index in [4.69, 9.17) is 20.9 Å². The van der Waals surface area contributed by atoms with E-state index < -0.39 is 59.9 Å². The van der Waals surface area contributed by atoms with Crippen molar-refractivity contribution in [1.29, 1.82) is 0 Å². The van der Waals surface area contributed by atoms with Gasteiger partial charge < -0.3 is 20.9 Å². The van der Waals surface area contributed by atoms with Crippen molar-refractivity contribution in [3.05, 3.63) is 0 Å². The number of piperidine rings is 2. The number of halogens is 6. The molecular formula is C22H38F6N4O4. The van der Waals surface area contributed by atoms with Crippen LogP contribution in [0.25, 0.3) is 0 Å². The number of rotatable bonds is 0. The summed E-state index contributed by atoms with van der Waals surface area (Å²) in [5, 5.41) is 0. The Morgan fingerprint density at radius 1 is 0.667 bits per heavy atom. The second-order valence-electron chi connectivity index (χ2n) is 10.9. The van der Waals surface area contributed by atoms with E-state index in [1.165, 1.54) is 0 Å². The molecule has 2 amide bonds. The molecule has 2 heterocycles. The summed E-state index contributed by atoms with van der Waals surface area (Å²) < 4.78 is 87.4. The number of likely N-dealkylation sites (tertiary alicyclic amines) is 2. The molecule has 0 aliphatic carbocycles. The number of carbonyl (C=O) groups is 2. The lowest BCUT2D eigenvalue weighted by atomic mass is 9.97. The highest BCUT2D eigenvalue weighted by Gasteiger charge is 2.52. The summed E-state index contributed by atoms with van der Waals surface area (Å²) in [6.45, 7) is 9.69. The van der Waals surface area contributed by atoms with Gasteiger partial charge in [0.15, 0.2) is 0 Å². The van der Waals surface area contributed by atoms with Crippen molar-refractivity contribution in [2.45, 2.75) is 115 Å². The Hall–Kier alpha value is -1.96. The van der Waals surface area contributed by atoms with E-state index in [2.05, 4.69) is 0 Å². The first kappa shape index (κ1) is 32.1. The molecule has 4 N–H and O–H groups in total. The third-order valence-electron chi connectivity index (χ3n) is 5.28. The molecule has 2 saturated heterocycles. The maximum absolute atomic E-state index is 12.9. The first-order valence-electron chi connectivity index (χ1n) is 11.7. The molecule has 2 rings (SSSR count). The number of carbonyl (C=O) groups excluding carboxylic acids is 2. The minimum Gasteiger partial charge on any atom is -0.444 e. The molecule has 2 aliphatic rings. The molecular weight excluding hydrogens is 498 g/mol. The lowest BCUT2D eigenvalue weighted by Gasteiger charge is -2.40. The van der Waals surface area contributed by atoms with Gasteiger partial charge in [0.1, 0.15) is 23.3 Å². The summed E-state index contributed by atoms with van der Waals surface area (Å²) in [7, 11) is 0. The zero-order chi connectivity index (χ0) is 28.3. The third-order valence-corrected chi connectivity index (χ3v) is 5.28. The van der Waals surface area contributed by atoms with Gasteiger partial charge >= 0.3 is 24.5 Å². The van der Waals surface area contributed by atoms with E-state index in [0.717, 1.165) is 0 Å².